The monoisotopic (exact) mass is 377 g/mol. The minimum Gasteiger partial charge on any atom is -0.497 e. The van der Waals surface area contributed by atoms with Crippen LogP contribution in [0.4, 0.5) is 4.79 Å². The molecule has 0 radical (unpaired) electrons. The Morgan fingerprint density at radius 3 is 2.52 bits per heavy atom. The first-order valence-electron chi connectivity index (χ1n) is 8.41. The van der Waals surface area contributed by atoms with E-state index in [0.29, 0.717) is 0 Å². The molecule has 27 heavy (non-hydrogen) atoms. The fourth-order valence-electron chi connectivity index (χ4n) is 2.35. The maximum atomic E-state index is 12.2. The van der Waals surface area contributed by atoms with E-state index < -0.39 is 12.1 Å². The third-order valence-electron chi connectivity index (χ3n) is 3.75. The van der Waals surface area contributed by atoms with E-state index in [4.69, 9.17) is 9.47 Å². The Morgan fingerprint density at radius 1 is 1.07 bits per heavy atom. The Bertz CT molecular complexity index is 910. The molecule has 1 amide bonds. The molecule has 2 aromatic carbocycles. The number of methoxy groups -OCH3 is 1. The SMILES string of the molecule is COc1ccc(C#C[C@@H](NC(=O)OCc2ccccc2)c2cccs2)cc1. The number of nitrogens with one attached hydrogen (secondary N) is 1. The molecule has 0 aliphatic carbocycles. The number of carbonyl (C=O) groups excluding carboxylic acids is 1. The van der Waals surface area contributed by atoms with Crippen molar-refractivity contribution < 1.29 is 14.3 Å². The van der Waals surface area contributed by atoms with Gasteiger partial charge in [0.05, 0.1) is 7.11 Å². The van der Waals surface area contributed by atoms with Crippen molar-refractivity contribution in [2.75, 3.05) is 7.11 Å². The van der Waals surface area contributed by atoms with Gasteiger partial charge in [-0.05, 0) is 41.3 Å². The molecule has 1 heterocycles. The van der Waals surface area contributed by atoms with Gasteiger partial charge in [-0.3, -0.25) is 0 Å². The van der Waals surface area contributed by atoms with Crippen LogP contribution in [0.3, 0.4) is 0 Å². The second-order valence-electron chi connectivity index (χ2n) is 5.65. The zero-order chi connectivity index (χ0) is 18.9. The Kier molecular flexibility index (Phi) is 6.50. The number of alkyl carbamates (subject to hydrolysis) is 1. The highest BCUT2D eigenvalue weighted by atomic mass is 32.1. The molecule has 0 aliphatic rings. The zero-order valence-corrected chi connectivity index (χ0v) is 15.7. The Hall–Kier alpha value is -3.23. The summed E-state index contributed by atoms with van der Waals surface area (Å²) in [7, 11) is 1.62. The van der Waals surface area contributed by atoms with Crippen molar-refractivity contribution in [2.45, 2.75) is 12.6 Å². The van der Waals surface area contributed by atoms with Crippen molar-refractivity contribution in [3.8, 4) is 17.6 Å². The van der Waals surface area contributed by atoms with Crippen LogP contribution in [0.25, 0.3) is 0 Å². The average molecular weight is 377 g/mol. The van der Waals surface area contributed by atoms with Gasteiger partial charge in [-0.2, -0.15) is 0 Å². The maximum absolute atomic E-state index is 12.2. The van der Waals surface area contributed by atoms with Crippen LogP contribution in [-0.4, -0.2) is 13.2 Å². The minimum absolute atomic E-state index is 0.218. The number of ether oxygens (including phenoxy) is 2. The predicted octanol–water partition coefficient (Wildman–Crippen LogP) is 4.78. The van der Waals surface area contributed by atoms with Gasteiger partial charge in [0.1, 0.15) is 18.4 Å². The number of amides is 1. The predicted molar refractivity (Wildman–Crippen MR) is 107 cm³/mol. The molecular formula is C22H19NO3S. The molecule has 5 heteroatoms. The molecule has 136 valence electrons. The van der Waals surface area contributed by atoms with Crippen molar-refractivity contribution in [2.24, 2.45) is 0 Å². The van der Waals surface area contributed by atoms with Crippen molar-refractivity contribution >= 4 is 17.4 Å². The van der Waals surface area contributed by atoms with Crippen LogP contribution in [-0.2, 0) is 11.3 Å². The third kappa shape index (κ3) is 5.63. The van der Waals surface area contributed by atoms with Crippen LogP contribution in [0.2, 0.25) is 0 Å². The van der Waals surface area contributed by atoms with E-state index in [0.717, 1.165) is 21.8 Å². The molecule has 4 nitrogen and oxygen atoms in total. The minimum atomic E-state index is -0.499. The van der Waals surface area contributed by atoms with Crippen molar-refractivity contribution in [3.05, 3.63) is 88.1 Å². The van der Waals surface area contributed by atoms with Gasteiger partial charge in [-0.25, -0.2) is 4.79 Å². The number of hydrogen-bond donors (Lipinski definition) is 1. The lowest BCUT2D eigenvalue weighted by molar-refractivity contribution is 0.138. The van der Waals surface area contributed by atoms with Crippen molar-refractivity contribution in [1.29, 1.82) is 0 Å². The second-order valence-corrected chi connectivity index (χ2v) is 6.63. The molecular weight excluding hydrogens is 358 g/mol. The number of hydrogen-bond acceptors (Lipinski definition) is 4. The highest BCUT2D eigenvalue weighted by Gasteiger charge is 2.14. The lowest BCUT2D eigenvalue weighted by Crippen LogP contribution is -2.27. The topological polar surface area (TPSA) is 47.6 Å². The summed E-state index contributed by atoms with van der Waals surface area (Å²) in [5.74, 6) is 6.98. The molecule has 3 rings (SSSR count). The normalized spacial score (nSPS) is 11.0. The molecule has 0 saturated heterocycles. The highest BCUT2D eigenvalue weighted by molar-refractivity contribution is 7.10. The van der Waals surface area contributed by atoms with Gasteiger partial charge in [0, 0.05) is 10.4 Å². The molecule has 0 saturated carbocycles. The maximum Gasteiger partial charge on any atom is 0.408 e. The van der Waals surface area contributed by atoms with Gasteiger partial charge in [0.15, 0.2) is 0 Å². The number of benzene rings is 2. The Balaban J connectivity index is 1.67. The summed E-state index contributed by atoms with van der Waals surface area (Å²) in [6.45, 7) is 0.218. The van der Waals surface area contributed by atoms with E-state index in [1.165, 1.54) is 11.3 Å². The molecule has 0 fully saturated rings. The van der Waals surface area contributed by atoms with Gasteiger partial charge >= 0.3 is 6.09 Å². The molecule has 0 spiro atoms. The summed E-state index contributed by atoms with van der Waals surface area (Å²) in [6, 6.07) is 20.5. The lowest BCUT2D eigenvalue weighted by atomic mass is 10.2. The summed E-state index contributed by atoms with van der Waals surface area (Å²) < 4.78 is 10.5. The van der Waals surface area contributed by atoms with Crippen LogP contribution in [0, 0.1) is 11.8 Å². The van der Waals surface area contributed by atoms with Gasteiger partial charge < -0.3 is 14.8 Å². The summed E-state index contributed by atoms with van der Waals surface area (Å²) in [5.41, 5.74) is 1.78. The zero-order valence-electron chi connectivity index (χ0n) is 14.8. The van der Waals surface area contributed by atoms with E-state index in [-0.39, 0.29) is 6.61 Å². The number of rotatable bonds is 5. The van der Waals surface area contributed by atoms with Crippen LogP contribution in [0.1, 0.15) is 22.0 Å². The summed E-state index contributed by atoms with van der Waals surface area (Å²) >= 11 is 1.54. The fourth-order valence-corrected chi connectivity index (χ4v) is 3.07. The molecule has 0 unspecified atom stereocenters. The smallest absolute Gasteiger partial charge is 0.408 e. The lowest BCUT2D eigenvalue weighted by Gasteiger charge is -2.12. The van der Waals surface area contributed by atoms with Gasteiger partial charge in [-0.1, -0.05) is 48.2 Å². The summed E-state index contributed by atoms with van der Waals surface area (Å²) in [6.07, 6.45) is -0.499. The standard InChI is InChI=1S/C22H19NO3S/c1-25-19-12-9-17(10-13-19)11-14-20(21-8-5-15-27-21)23-22(24)26-16-18-6-3-2-4-7-18/h2-10,12-13,15,20H,16H2,1H3,(H,23,24)/t20-/m1/s1. The highest BCUT2D eigenvalue weighted by Crippen LogP contribution is 2.19. The van der Waals surface area contributed by atoms with E-state index in [1.807, 2.05) is 72.1 Å². The first kappa shape index (κ1) is 18.6. The third-order valence-corrected chi connectivity index (χ3v) is 4.69. The summed E-state index contributed by atoms with van der Waals surface area (Å²) in [5, 5.41) is 4.79. The van der Waals surface area contributed by atoms with Crippen LogP contribution < -0.4 is 10.1 Å². The quantitative estimate of drug-likeness (QED) is 0.651. The Morgan fingerprint density at radius 2 is 1.85 bits per heavy atom. The molecule has 0 aliphatic heterocycles. The van der Waals surface area contributed by atoms with Gasteiger partial charge in [-0.15, -0.1) is 11.3 Å². The number of thiophene rings is 1. The molecule has 1 atom stereocenters. The molecule has 3 aromatic rings. The van der Waals surface area contributed by atoms with E-state index in [9.17, 15) is 4.79 Å². The van der Waals surface area contributed by atoms with Gasteiger partial charge in [0.25, 0.3) is 0 Å². The number of carbonyl (C=O) groups is 1. The summed E-state index contributed by atoms with van der Waals surface area (Å²) in [4.78, 5) is 13.2. The molecule has 0 bridgehead atoms. The van der Waals surface area contributed by atoms with Crippen LogP contribution >= 0.6 is 11.3 Å². The fraction of sp³-hybridized carbons (Fsp3) is 0.136. The molecule has 1 aromatic heterocycles. The van der Waals surface area contributed by atoms with Crippen LogP contribution in [0.5, 0.6) is 5.75 Å². The van der Waals surface area contributed by atoms with Crippen LogP contribution in [0.15, 0.2) is 72.1 Å². The van der Waals surface area contributed by atoms with E-state index >= 15 is 0 Å². The largest absolute Gasteiger partial charge is 0.497 e. The first-order chi connectivity index (χ1) is 13.2. The average Bonchev–Trinajstić information content (AvgIpc) is 3.25. The van der Waals surface area contributed by atoms with Crippen molar-refractivity contribution in [3.63, 3.8) is 0 Å². The molecule has 1 N–H and O–H groups in total. The van der Waals surface area contributed by atoms with E-state index in [1.54, 1.807) is 7.11 Å². The first-order valence-corrected chi connectivity index (χ1v) is 9.29. The van der Waals surface area contributed by atoms with E-state index in [2.05, 4.69) is 17.2 Å². The van der Waals surface area contributed by atoms with Crippen molar-refractivity contribution in [1.82, 2.24) is 5.32 Å². The Labute approximate surface area is 162 Å². The van der Waals surface area contributed by atoms with Gasteiger partial charge in [0.2, 0.25) is 0 Å². The second kappa shape index (κ2) is 9.46.